The van der Waals surface area contributed by atoms with E-state index in [1.807, 2.05) is 6.07 Å². The SMILES string of the molecule is COc1cc(NC(=O)Nc2ccc3n(c2=O)CC2CC3CN(c3ncccn3)C2)cc(OC)c1. The number of nitrogens with one attached hydrogen (secondary N) is 2. The lowest BCUT2D eigenvalue weighted by Crippen LogP contribution is -2.48. The molecule has 5 rings (SSSR count). The number of hydrogen-bond acceptors (Lipinski definition) is 7. The van der Waals surface area contributed by atoms with Crippen LogP contribution in [0.2, 0.25) is 0 Å². The van der Waals surface area contributed by atoms with Gasteiger partial charge in [-0.25, -0.2) is 14.8 Å². The lowest BCUT2D eigenvalue weighted by atomic mass is 9.83. The summed E-state index contributed by atoms with van der Waals surface area (Å²) in [6.07, 6.45) is 4.51. The van der Waals surface area contributed by atoms with Crippen molar-refractivity contribution in [2.75, 3.05) is 42.8 Å². The van der Waals surface area contributed by atoms with Crippen LogP contribution in [0, 0.1) is 5.92 Å². The van der Waals surface area contributed by atoms with Crippen LogP contribution in [0.25, 0.3) is 0 Å². The van der Waals surface area contributed by atoms with Gasteiger partial charge < -0.3 is 29.6 Å². The van der Waals surface area contributed by atoms with Crippen molar-refractivity contribution in [3.63, 3.8) is 0 Å². The number of methoxy groups -OCH3 is 2. The highest BCUT2D eigenvalue weighted by Crippen LogP contribution is 2.36. The summed E-state index contributed by atoms with van der Waals surface area (Å²) in [5.41, 5.74) is 1.50. The number of pyridine rings is 1. The molecule has 2 bridgehead atoms. The zero-order valence-corrected chi connectivity index (χ0v) is 19.0. The van der Waals surface area contributed by atoms with Crippen molar-refractivity contribution in [2.45, 2.75) is 18.9 Å². The van der Waals surface area contributed by atoms with E-state index in [0.717, 1.165) is 31.2 Å². The summed E-state index contributed by atoms with van der Waals surface area (Å²) < 4.78 is 12.3. The Balaban J connectivity index is 1.33. The third kappa shape index (κ3) is 4.26. The second-order valence-corrected chi connectivity index (χ2v) is 8.52. The van der Waals surface area contributed by atoms with Gasteiger partial charge in [0.1, 0.15) is 17.2 Å². The van der Waals surface area contributed by atoms with Crippen LogP contribution in [0.15, 0.2) is 53.6 Å². The molecule has 34 heavy (non-hydrogen) atoms. The lowest BCUT2D eigenvalue weighted by Gasteiger charge is -2.42. The summed E-state index contributed by atoms with van der Waals surface area (Å²) in [6.45, 7) is 2.14. The quantitative estimate of drug-likeness (QED) is 0.600. The highest BCUT2D eigenvalue weighted by Gasteiger charge is 2.35. The summed E-state index contributed by atoms with van der Waals surface area (Å²) in [5.74, 6) is 2.32. The van der Waals surface area contributed by atoms with E-state index < -0.39 is 6.03 Å². The van der Waals surface area contributed by atoms with Gasteiger partial charge in [-0.1, -0.05) is 0 Å². The Morgan fingerprint density at radius 2 is 1.74 bits per heavy atom. The molecule has 4 heterocycles. The number of urea groups is 1. The Hall–Kier alpha value is -4.08. The molecule has 2 aliphatic heterocycles. The normalized spacial score (nSPS) is 18.6. The average molecular weight is 463 g/mol. The van der Waals surface area contributed by atoms with Gasteiger partial charge >= 0.3 is 6.03 Å². The molecule has 0 spiro atoms. The average Bonchev–Trinajstić information content (AvgIpc) is 2.86. The summed E-state index contributed by atoms with van der Waals surface area (Å²) >= 11 is 0. The van der Waals surface area contributed by atoms with E-state index in [9.17, 15) is 9.59 Å². The molecule has 0 aliphatic carbocycles. The minimum atomic E-state index is -0.517. The van der Waals surface area contributed by atoms with E-state index in [2.05, 4.69) is 25.5 Å². The molecule has 2 amide bonds. The van der Waals surface area contributed by atoms with Gasteiger partial charge in [0, 0.05) is 67.5 Å². The summed E-state index contributed by atoms with van der Waals surface area (Å²) in [7, 11) is 3.07. The molecule has 2 aliphatic rings. The molecule has 176 valence electrons. The number of nitrogens with zero attached hydrogens (tertiary/aromatic N) is 4. The van der Waals surface area contributed by atoms with Crippen LogP contribution in [-0.2, 0) is 6.54 Å². The third-order valence-corrected chi connectivity index (χ3v) is 6.30. The number of carbonyl (C=O) groups is 1. The Morgan fingerprint density at radius 3 is 2.44 bits per heavy atom. The first-order chi connectivity index (χ1) is 16.5. The predicted octanol–water partition coefficient (Wildman–Crippen LogP) is 2.92. The molecule has 10 nitrogen and oxygen atoms in total. The third-order valence-electron chi connectivity index (χ3n) is 6.30. The fourth-order valence-electron chi connectivity index (χ4n) is 4.82. The summed E-state index contributed by atoms with van der Waals surface area (Å²) in [5, 5.41) is 5.42. The van der Waals surface area contributed by atoms with E-state index in [1.165, 1.54) is 14.2 Å². The number of piperidine rings is 1. The molecular weight excluding hydrogens is 436 g/mol. The lowest BCUT2D eigenvalue weighted by molar-refractivity contribution is 0.262. The standard InChI is InChI=1S/C24H26N6O4/c1-33-18-9-17(10-19(11-18)34-2)27-24(32)28-20-4-5-21-16-8-15(13-30(21)22(20)31)12-29(14-16)23-25-6-3-7-26-23/h3-7,9-11,15-16H,8,12-14H2,1-2H3,(H2,27,28,32). The van der Waals surface area contributed by atoms with Crippen molar-refractivity contribution in [1.29, 1.82) is 0 Å². The van der Waals surface area contributed by atoms with Crippen molar-refractivity contribution < 1.29 is 14.3 Å². The van der Waals surface area contributed by atoms with Gasteiger partial charge in [0.15, 0.2) is 0 Å². The smallest absolute Gasteiger partial charge is 0.323 e. The Kier molecular flexibility index (Phi) is 5.79. The number of aromatic nitrogens is 3. The van der Waals surface area contributed by atoms with Gasteiger partial charge in [-0.2, -0.15) is 0 Å². The molecular formula is C24H26N6O4. The maximum Gasteiger partial charge on any atom is 0.323 e. The highest BCUT2D eigenvalue weighted by atomic mass is 16.5. The highest BCUT2D eigenvalue weighted by molar-refractivity contribution is 5.99. The molecule has 2 unspecified atom stereocenters. The molecule has 1 fully saturated rings. The van der Waals surface area contributed by atoms with Gasteiger partial charge in [-0.15, -0.1) is 0 Å². The van der Waals surface area contributed by atoms with Crippen molar-refractivity contribution in [2.24, 2.45) is 5.92 Å². The maximum absolute atomic E-state index is 13.2. The largest absolute Gasteiger partial charge is 0.497 e. The Bertz CT molecular complexity index is 1240. The number of fused-ring (bicyclic) bond motifs is 4. The summed E-state index contributed by atoms with van der Waals surface area (Å²) in [4.78, 5) is 36.8. The molecule has 1 aromatic carbocycles. The first-order valence-corrected chi connectivity index (χ1v) is 11.1. The van der Waals surface area contributed by atoms with Crippen molar-refractivity contribution in [3.8, 4) is 11.5 Å². The topological polar surface area (TPSA) is 111 Å². The van der Waals surface area contributed by atoms with Crippen LogP contribution in [0.1, 0.15) is 18.0 Å². The van der Waals surface area contributed by atoms with Gasteiger partial charge in [-0.3, -0.25) is 4.79 Å². The van der Waals surface area contributed by atoms with Gasteiger partial charge in [0.25, 0.3) is 5.56 Å². The molecule has 3 aromatic rings. The Morgan fingerprint density at radius 1 is 1.00 bits per heavy atom. The van der Waals surface area contributed by atoms with E-state index in [1.54, 1.807) is 47.3 Å². The number of ether oxygens (including phenoxy) is 2. The van der Waals surface area contributed by atoms with E-state index in [0.29, 0.717) is 29.6 Å². The molecule has 0 saturated carbocycles. The second kappa shape index (κ2) is 9.05. The molecule has 2 aromatic heterocycles. The first kappa shape index (κ1) is 21.7. The maximum atomic E-state index is 13.2. The second-order valence-electron chi connectivity index (χ2n) is 8.52. The minimum absolute atomic E-state index is 0.199. The van der Waals surface area contributed by atoms with Crippen LogP contribution < -0.4 is 30.6 Å². The van der Waals surface area contributed by atoms with Crippen LogP contribution in [-0.4, -0.2) is 47.9 Å². The zero-order valence-electron chi connectivity index (χ0n) is 19.0. The summed E-state index contributed by atoms with van der Waals surface area (Å²) in [6, 6.07) is 9.95. The monoisotopic (exact) mass is 462 g/mol. The molecule has 2 N–H and O–H groups in total. The number of amides is 2. The number of carbonyl (C=O) groups excluding carboxylic acids is 1. The van der Waals surface area contributed by atoms with Crippen LogP contribution in [0.3, 0.4) is 0 Å². The minimum Gasteiger partial charge on any atom is -0.497 e. The predicted molar refractivity (Wildman–Crippen MR) is 128 cm³/mol. The molecule has 0 radical (unpaired) electrons. The molecule has 10 heteroatoms. The van der Waals surface area contributed by atoms with E-state index in [-0.39, 0.29) is 17.2 Å². The van der Waals surface area contributed by atoms with Crippen molar-refractivity contribution in [3.05, 3.63) is 64.8 Å². The van der Waals surface area contributed by atoms with Crippen LogP contribution in [0.4, 0.5) is 22.1 Å². The van der Waals surface area contributed by atoms with Crippen LogP contribution in [0.5, 0.6) is 11.5 Å². The fourth-order valence-corrected chi connectivity index (χ4v) is 4.82. The van der Waals surface area contributed by atoms with Crippen molar-refractivity contribution >= 4 is 23.4 Å². The van der Waals surface area contributed by atoms with Gasteiger partial charge in [-0.05, 0) is 30.5 Å². The Labute approximate surface area is 196 Å². The van der Waals surface area contributed by atoms with E-state index >= 15 is 0 Å². The van der Waals surface area contributed by atoms with Crippen LogP contribution >= 0.6 is 0 Å². The number of benzene rings is 1. The zero-order chi connectivity index (χ0) is 23.7. The number of hydrogen-bond donors (Lipinski definition) is 2. The number of rotatable bonds is 5. The van der Waals surface area contributed by atoms with Gasteiger partial charge in [0.2, 0.25) is 5.95 Å². The molecule has 2 atom stereocenters. The fraction of sp³-hybridized carbons (Fsp3) is 0.333. The van der Waals surface area contributed by atoms with E-state index in [4.69, 9.17) is 9.47 Å². The van der Waals surface area contributed by atoms with Crippen molar-refractivity contribution in [1.82, 2.24) is 14.5 Å². The van der Waals surface area contributed by atoms with Gasteiger partial charge in [0.05, 0.1) is 14.2 Å². The first-order valence-electron chi connectivity index (χ1n) is 11.1. The molecule has 1 saturated heterocycles. The number of anilines is 3.